The maximum atomic E-state index is 12.7. The predicted octanol–water partition coefficient (Wildman–Crippen LogP) is 1.97. The summed E-state index contributed by atoms with van der Waals surface area (Å²) < 4.78 is 48.0. The molecule has 0 saturated carbocycles. The number of hydrogen-bond donors (Lipinski definition) is 1. The van der Waals surface area contributed by atoms with Crippen molar-refractivity contribution in [2.75, 3.05) is 19.0 Å². The van der Waals surface area contributed by atoms with Crippen LogP contribution in [0.5, 0.6) is 5.75 Å². The number of carbonyl (C=O) groups excluding carboxylic acids is 2. The summed E-state index contributed by atoms with van der Waals surface area (Å²) in [4.78, 5) is 45.6. The Bertz CT molecular complexity index is 1030. The minimum atomic E-state index is -4.72. The molecule has 0 fully saturated rings. The van der Waals surface area contributed by atoms with Crippen molar-refractivity contribution in [1.82, 2.24) is 4.57 Å². The molecule has 1 amide bonds. The molecule has 2 aromatic rings. The highest BCUT2D eigenvalue weighted by molar-refractivity contribution is 5.95. The Morgan fingerprint density at radius 3 is 2.53 bits per heavy atom. The molecule has 0 saturated heterocycles. The highest BCUT2D eigenvalue weighted by Crippen LogP contribution is 2.29. The third-order valence-electron chi connectivity index (χ3n) is 3.65. The van der Waals surface area contributed by atoms with E-state index in [1.807, 2.05) is 0 Å². The Morgan fingerprint density at radius 1 is 1.23 bits per heavy atom. The molecule has 1 N–H and O–H groups in total. The van der Waals surface area contributed by atoms with Crippen molar-refractivity contribution in [2.24, 2.45) is 0 Å². The topological polar surface area (TPSA) is 130 Å². The van der Waals surface area contributed by atoms with Gasteiger partial charge in [-0.05, 0) is 18.2 Å². The van der Waals surface area contributed by atoms with Gasteiger partial charge in [0.2, 0.25) is 0 Å². The normalized spacial score (nSPS) is 10.9. The molecule has 1 heterocycles. The molecule has 0 aliphatic carbocycles. The van der Waals surface area contributed by atoms with E-state index in [2.05, 4.69) is 10.1 Å². The summed E-state index contributed by atoms with van der Waals surface area (Å²) in [5, 5.41) is 13.2. The second kappa shape index (κ2) is 9.07. The van der Waals surface area contributed by atoms with Gasteiger partial charge in [0, 0.05) is 12.3 Å². The lowest BCUT2D eigenvalue weighted by molar-refractivity contribution is -0.384. The van der Waals surface area contributed by atoms with E-state index < -0.39 is 52.9 Å². The molecule has 2 rings (SSSR count). The number of hydrogen-bond acceptors (Lipinski definition) is 7. The van der Waals surface area contributed by atoms with Gasteiger partial charge in [-0.15, -0.1) is 0 Å². The molecule has 0 radical (unpaired) electrons. The van der Waals surface area contributed by atoms with Crippen LogP contribution in [0.25, 0.3) is 0 Å². The first-order valence-electron chi connectivity index (χ1n) is 8.07. The van der Waals surface area contributed by atoms with Crippen LogP contribution in [-0.4, -0.2) is 35.1 Å². The second-order valence-electron chi connectivity index (χ2n) is 5.73. The Balaban J connectivity index is 2.00. The summed E-state index contributed by atoms with van der Waals surface area (Å²) in [6.07, 6.45) is -4.27. The van der Waals surface area contributed by atoms with Crippen LogP contribution in [0.15, 0.2) is 41.3 Å². The monoisotopic (exact) mass is 429 g/mol. The molecular weight excluding hydrogens is 415 g/mol. The average molecular weight is 429 g/mol. The quantitative estimate of drug-likeness (QED) is 0.405. The van der Waals surface area contributed by atoms with E-state index in [0.717, 1.165) is 6.07 Å². The summed E-state index contributed by atoms with van der Waals surface area (Å²) in [6.45, 7) is -1.74. The van der Waals surface area contributed by atoms with Crippen molar-refractivity contribution >= 4 is 23.3 Å². The van der Waals surface area contributed by atoms with Gasteiger partial charge in [-0.3, -0.25) is 24.5 Å². The lowest BCUT2D eigenvalue weighted by atomic mass is 10.2. The van der Waals surface area contributed by atoms with Gasteiger partial charge in [-0.2, -0.15) is 13.2 Å². The molecule has 10 nitrogen and oxygen atoms in total. The van der Waals surface area contributed by atoms with E-state index in [4.69, 9.17) is 4.74 Å². The minimum absolute atomic E-state index is 0.178. The second-order valence-corrected chi connectivity index (χ2v) is 5.73. The van der Waals surface area contributed by atoms with Gasteiger partial charge in [-0.25, -0.2) is 0 Å². The predicted molar refractivity (Wildman–Crippen MR) is 94.9 cm³/mol. The number of aromatic nitrogens is 1. The molecule has 30 heavy (non-hydrogen) atoms. The Morgan fingerprint density at radius 2 is 1.93 bits per heavy atom. The molecule has 1 aromatic carbocycles. The summed E-state index contributed by atoms with van der Waals surface area (Å²) in [5.41, 5.74) is -2.67. The van der Waals surface area contributed by atoms with Crippen molar-refractivity contribution in [1.29, 1.82) is 0 Å². The van der Waals surface area contributed by atoms with Crippen LogP contribution in [0.3, 0.4) is 0 Å². The maximum Gasteiger partial charge on any atom is 0.417 e. The van der Waals surface area contributed by atoms with E-state index in [1.54, 1.807) is 0 Å². The molecule has 0 aliphatic heterocycles. The Hall–Kier alpha value is -3.90. The number of halogens is 3. The molecule has 13 heteroatoms. The number of nitro benzene ring substituents is 1. The van der Waals surface area contributed by atoms with Crippen LogP contribution in [0.4, 0.5) is 24.5 Å². The fraction of sp³-hybridized carbons (Fsp3) is 0.235. The van der Waals surface area contributed by atoms with Gasteiger partial charge in [0.25, 0.3) is 17.2 Å². The highest BCUT2D eigenvalue weighted by Gasteiger charge is 2.31. The van der Waals surface area contributed by atoms with Crippen molar-refractivity contribution in [3.8, 4) is 5.75 Å². The zero-order valence-corrected chi connectivity index (χ0v) is 15.3. The molecule has 0 atom stereocenters. The number of ether oxygens (including phenoxy) is 2. The first-order valence-corrected chi connectivity index (χ1v) is 8.07. The van der Waals surface area contributed by atoms with Crippen LogP contribution in [-0.2, 0) is 27.0 Å². The number of anilines is 1. The largest absolute Gasteiger partial charge is 0.496 e. The van der Waals surface area contributed by atoms with Crippen LogP contribution >= 0.6 is 0 Å². The van der Waals surface area contributed by atoms with E-state index in [-0.39, 0.29) is 11.4 Å². The van der Waals surface area contributed by atoms with Crippen LogP contribution < -0.4 is 15.6 Å². The van der Waals surface area contributed by atoms with E-state index in [9.17, 15) is 37.7 Å². The van der Waals surface area contributed by atoms with Crippen LogP contribution in [0.2, 0.25) is 0 Å². The number of methoxy groups -OCH3 is 1. The highest BCUT2D eigenvalue weighted by atomic mass is 19.4. The molecule has 160 valence electrons. The SMILES string of the molecule is COc1ccc(NC(=O)COC(=O)Cn2cc(C(F)(F)F)ccc2=O)c([N+](=O)[O-])c1. The first-order chi connectivity index (χ1) is 14.0. The number of amides is 1. The zero-order valence-electron chi connectivity index (χ0n) is 15.3. The van der Waals surface area contributed by atoms with Crippen LogP contribution in [0, 0.1) is 10.1 Å². The lowest BCUT2D eigenvalue weighted by Gasteiger charge is -2.11. The number of esters is 1. The summed E-state index contributed by atoms with van der Waals surface area (Å²) in [6, 6.07) is 4.85. The lowest BCUT2D eigenvalue weighted by Crippen LogP contribution is -2.28. The number of nitrogens with zero attached hydrogens (tertiary/aromatic N) is 2. The van der Waals surface area contributed by atoms with Crippen molar-refractivity contribution < 1.29 is 37.2 Å². The molecule has 0 bridgehead atoms. The number of nitrogens with one attached hydrogen (secondary N) is 1. The molecule has 0 spiro atoms. The van der Waals surface area contributed by atoms with Gasteiger partial charge in [0.1, 0.15) is 18.0 Å². The standard InChI is InChI=1S/C17H14F3N3O7/c1-29-11-3-4-12(13(6-11)23(27)28)21-14(24)9-30-16(26)8-22-7-10(17(18,19)20)2-5-15(22)25/h2-7H,8-9H2,1H3,(H,21,24). The van der Waals surface area contributed by atoms with E-state index >= 15 is 0 Å². The maximum absolute atomic E-state index is 12.7. The van der Waals surface area contributed by atoms with Crippen LogP contribution in [0.1, 0.15) is 5.56 Å². The molecule has 0 aliphatic rings. The number of carbonyl (C=O) groups is 2. The fourth-order valence-corrected chi connectivity index (χ4v) is 2.23. The minimum Gasteiger partial charge on any atom is -0.496 e. The van der Waals surface area contributed by atoms with Gasteiger partial charge in [0.15, 0.2) is 6.61 Å². The number of pyridine rings is 1. The summed E-state index contributed by atoms with van der Waals surface area (Å²) in [7, 11) is 1.30. The summed E-state index contributed by atoms with van der Waals surface area (Å²) in [5.74, 6) is -1.92. The third-order valence-corrected chi connectivity index (χ3v) is 3.65. The van der Waals surface area contributed by atoms with Gasteiger partial charge in [-0.1, -0.05) is 0 Å². The van der Waals surface area contributed by atoms with Gasteiger partial charge in [0.05, 0.1) is 23.7 Å². The first kappa shape index (κ1) is 22.4. The van der Waals surface area contributed by atoms with E-state index in [0.29, 0.717) is 22.9 Å². The van der Waals surface area contributed by atoms with Crippen molar-refractivity contribution in [2.45, 2.75) is 12.7 Å². The number of rotatable bonds is 7. The van der Waals surface area contributed by atoms with Gasteiger partial charge >= 0.3 is 12.1 Å². The number of alkyl halides is 3. The van der Waals surface area contributed by atoms with Crippen molar-refractivity contribution in [3.63, 3.8) is 0 Å². The summed E-state index contributed by atoms with van der Waals surface area (Å²) >= 11 is 0. The molecular formula is C17H14F3N3O7. The Kier molecular flexibility index (Phi) is 6.77. The Labute approximate surface area is 166 Å². The third kappa shape index (κ3) is 5.80. The van der Waals surface area contributed by atoms with Crippen molar-refractivity contribution in [3.05, 3.63) is 62.6 Å². The molecule has 0 unspecified atom stereocenters. The molecule has 1 aromatic heterocycles. The van der Waals surface area contributed by atoms with Gasteiger partial charge < -0.3 is 19.4 Å². The smallest absolute Gasteiger partial charge is 0.417 e. The fourth-order valence-electron chi connectivity index (χ4n) is 2.23. The number of benzene rings is 1. The van der Waals surface area contributed by atoms with E-state index in [1.165, 1.54) is 19.2 Å². The average Bonchev–Trinajstić information content (AvgIpc) is 2.67. The zero-order chi connectivity index (χ0) is 22.5. The number of nitro groups is 1.